The second kappa shape index (κ2) is 15.6. The molecule has 0 bridgehead atoms. The van der Waals surface area contributed by atoms with Crippen molar-refractivity contribution in [3.8, 4) is 80.9 Å². The van der Waals surface area contributed by atoms with Crippen LogP contribution in [0.1, 0.15) is 22.3 Å². The molecule has 296 valence electrons. The first-order valence-electron chi connectivity index (χ1n) is 15.6. The Morgan fingerprint density at radius 1 is 0.367 bits per heavy atom. The van der Waals surface area contributed by atoms with Gasteiger partial charge in [0, 0.05) is 10.4 Å². The molecule has 0 unspecified atom stereocenters. The van der Waals surface area contributed by atoms with Crippen LogP contribution in [0.4, 0.5) is 61.5 Å². The van der Waals surface area contributed by atoms with Gasteiger partial charge >= 0.3 is 12.4 Å². The van der Waals surface area contributed by atoms with Crippen molar-refractivity contribution in [3.63, 3.8) is 0 Å². The van der Waals surface area contributed by atoms with Gasteiger partial charge in [-0.2, -0.15) is 57.9 Å². The Hall–Kier alpha value is -8.20. The minimum absolute atomic E-state index is 0.00342. The molecule has 5 aromatic carbocycles. The van der Waals surface area contributed by atoms with E-state index in [9.17, 15) is 65.0 Å². The molecule has 5 aromatic rings. The molecular formula is C40H8F14N6. The van der Waals surface area contributed by atoms with Crippen molar-refractivity contribution in [3.05, 3.63) is 128 Å². The summed E-state index contributed by atoms with van der Waals surface area (Å²) in [7, 11) is 0. The van der Waals surface area contributed by atoms with Crippen LogP contribution in [-0.2, 0) is 12.4 Å². The topological polar surface area (TPSA) is 143 Å². The maximum absolute atomic E-state index is 15.2. The lowest BCUT2D eigenvalue weighted by Gasteiger charge is -2.17. The van der Waals surface area contributed by atoms with Crippen molar-refractivity contribution in [2.24, 2.45) is 0 Å². The van der Waals surface area contributed by atoms with Crippen LogP contribution >= 0.6 is 0 Å². The largest absolute Gasteiger partial charge is 0.416 e. The Morgan fingerprint density at radius 2 is 0.633 bits per heavy atom. The van der Waals surface area contributed by atoms with Gasteiger partial charge in [-0.05, 0) is 81.9 Å². The highest BCUT2D eigenvalue weighted by Gasteiger charge is 2.36. The zero-order valence-electron chi connectivity index (χ0n) is 28.6. The van der Waals surface area contributed by atoms with E-state index in [0.29, 0.717) is 24.3 Å². The number of nitrogens with zero attached hydrogens (tertiary/aromatic N) is 6. The molecule has 0 spiro atoms. The first-order chi connectivity index (χ1) is 28.1. The van der Waals surface area contributed by atoms with Crippen LogP contribution in [-0.4, -0.2) is 0 Å². The Balaban J connectivity index is 2.03. The summed E-state index contributed by atoms with van der Waals surface area (Å²) in [6, 6.07) is 9.38. The van der Waals surface area contributed by atoms with Gasteiger partial charge in [0.05, 0.1) is 22.3 Å². The molecule has 5 rings (SSSR count). The summed E-state index contributed by atoms with van der Waals surface area (Å²) < 4.78 is 205. The third kappa shape index (κ3) is 7.26. The first kappa shape index (κ1) is 42.9. The molecule has 20 heteroatoms. The number of benzene rings is 5. The summed E-state index contributed by atoms with van der Waals surface area (Å²) in [5.41, 5.74) is -19.2. The van der Waals surface area contributed by atoms with Gasteiger partial charge in [-0.15, -0.1) is 0 Å². The highest BCUT2D eigenvalue weighted by molar-refractivity contribution is 5.87. The lowest BCUT2D eigenvalue weighted by Crippen LogP contribution is -2.20. The summed E-state index contributed by atoms with van der Waals surface area (Å²) in [6.07, 6.45) is -10.9. The second-order valence-electron chi connectivity index (χ2n) is 12.0. The van der Waals surface area contributed by atoms with E-state index in [4.69, 9.17) is 10.5 Å². The average Bonchev–Trinajstić information content (AvgIpc) is 3.20. The standard InChI is InChI=1S/C40H8F14N6/c41-31-27(13-59)32(42)36(46)29(35(31)45)17-1-15(3-21(5-17)39(49,50)51)23-7-26(20(11-57)12-58)24(8-25(23)19(9-55)10-56)16-2-18(6-22(4-16)40(52,53)54)30-37(47)33(43)28(14-60)34(44)38(30)48/h1-8H. The molecule has 60 heavy (non-hydrogen) atoms. The van der Waals surface area contributed by atoms with Gasteiger partial charge in [-0.1, -0.05) is 0 Å². The van der Waals surface area contributed by atoms with Gasteiger partial charge in [0.25, 0.3) is 0 Å². The summed E-state index contributed by atoms with van der Waals surface area (Å²) in [5, 5.41) is 55.5. The molecule has 0 N–H and O–H groups in total. The molecule has 6 nitrogen and oxygen atoms in total. The predicted octanol–water partition coefficient (Wildman–Crippen LogP) is 9.64. The van der Waals surface area contributed by atoms with Crippen molar-refractivity contribution >= 4 is 11.1 Å². The van der Waals surface area contributed by atoms with Gasteiger partial charge in [-0.25, -0.2) is 35.1 Å². The fourth-order valence-corrected chi connectivity index (χ4v) is 5.93. The zero-order valence-corrected chi connectivity index (χ0v) is 28.6. The molecule has 0 heterocycles. The lowest BCUT2D eigenvalue weighted by atomic mass is 9.88. The van der Waals surface area contributed by atoms with Crippen LogP contribution in [0.15, 0.2) is 48.5 Å². The molecule has 0 saturated carbocycles. The molecular weight excluding hydrogens is 830 g/mol. The summed E-state index contributed by atoms with van der Waals surface area (Å²) in [4.78, 5) is 0. The van der Waals surface area contributed by atoms with E-state index in [0.717, 1.165) is 12.1 Å². The molecule has 0 aliphatic heterocycles. The summed E-state index contributed by atoms with van der Waals surface area (Å²) in [6.45, 7) is 0. The lowest BCUT2D eigenvalue weighted by molar-refractivity contribution is -0.138. The van der Waals surface area contributed by atoms with Crippen molar-refractivity contribution in [2.45, 2.75) is 12.4 Å². The first-order valence-corrected chi connectivity index (χ1v) is 15.6. The van der Waals surface area contributed by atoms with E-state index < -0.39 is 147 Å². The molecule has 0 aliphatic carbocycles. The maximum atomic E-state index is 15.2. The van der Waals surface area contributed by atoms with Crippen molar-refractivity contribution in [1.82, 2.24) is 0 Å². The predicted molar refractivity (Wildman–Crippen MR) is 176 cm³/mol. The van der Waals surface area contributed by atoms with Crippen molar-refractivity contribution in [2.75, 3.05) is 0 Å². The van der Waals surface area contributed by atoms with E-state index in [1.165, 1.54) is 24.3 Å². The number of alkyl halides is 6. The number of rotatable bonds is 4. The number of hydrogen-bond acceptors (Lipinski definition) is 6. The highest BCUT2D eigenvalue weighted by atomic mass is 19.4. The number of hydrogen-bond donors (Lipinski definition) is 0. The average molecular weight is 839 g/mol. The van der Waals surface area contributed by atoms with E-state index in [2.05, 4.69) is 0 Å². The minimum atomic E-state index is -5.47. The fraction of sp³-hybridized carbons (Fsp3) is 0.0500. The van der Waals surface area contributed by atoms with Gasteiger partial charge in [-0.3, -0.25) is 0 Å². The Labute approximate surface area is 325 Å². The minimum Gasteiger partial charge on any atom is -0.203 e. The highest BCUT2D eigenvalue weighted by Crippen LogP contribution is 2.41. The SMILES string of the molecule is N#CC(C#N)=c1cc(-c2cc(-c3c(F)c(F)c(C#N)c(F)c3F)cc(C(F)(F)F)c2)c(=C(C#N)C#N)cc1-c1cc(-c2c(F)c(F)c(C#N)c(F)c2F)cc(C(F)(F)F)c1. The molecule has 0 aliphatic rings. The quantitative estimate of drug-likeness (QED) is 0.130. The Morgan fingerprint density at radius 3 is 0.867 bits per heavy atom. The summed E-state index contributed by atoms with van der Waals surface area (Å²) >= 11 is 0. The third-order valence-corrected chi connectivity index (χ3v) is 8.61. The number of halogens is 14. The van der Waals surface area contributed by atoms with E-state index in [1.807, 2.05) is 0 Å². The van der Waals surface area contributed by atoms with Crippen molar-refractivity contribution in [1.29, 1.82) is 31.6 Å². The van der Waals surface area contributed by atoms with Gasteiger partial charge in [0.1, 0.15) is 58.7 Å². The van der Waals surface area contributed by atoms with Gasteiger partial charge in [0.15, 0.2) is 46.5 Å². The molecule has 0 radical (unpaired) electrons. The van der Waals surface area contributed by atoms with Crippen LogP contribution < -0.4 is 10.4 Å². The Bertz CT molecular complexity index is 2820. The fourth-order valence-electron chi connectivity index (χ4n) is 5.93. The van der Waals surface area contributed by atoms with E-state index in [1.54, 1.807) is 0 Å². The molecule has 0 aromatic heterocycles. The van der Waals surface area contributed by atoms with Crippen LogP contribution in [0, 0.1) is 115 Å². The smallest absolute Gasteiger partial charge is 0.203 e. The normalized spacial score (nSPS) is 11.1. The molecule has 0 fully saturated rings. The summed E-state index contributed by atoms with van der Waals surface area (Å²) in [5.74, 6) is -18.7. The van der Waals surface area contributed by atoms with Crippen LogP contribution in [0.3, 0.4) is 0 Å². The zero-order chi connectivity index (χ0) is 44.8. The van der Waals surface area contributed by atoms with Gasteiger partial charge < -0.3 is 0 Å². The number of nitriles is 6. The van der Waals surface area contributed by atoms with Crippen molar-refractivity contribution < 1.29 is 61.5 Å². The Kier molecular flexibility index (Phi) is 11.2. The van der Waals surface area contributed by atoms with Crippen LogP contribution in [0.25, 0.3) is 55.7 Å². The maximum Gasteiger partial charge on any atom is 0.416 e. The monoisotopic (exact) mass is 838 g/mol. The van der Waals surface area contributed by atoms with E-state index >= 15 is 17.6 Å². The molecule has 0 atom stereocenters. The van der Waals surface area contributed by atoms with Gasteiger partial charge in [0.2, 0.25) is 0 Å². The second-order valence-corrected chi connectivity index (χ2v) is 12.0. The third-order valence-electron chi connectivity index (χ3n) is 8.61. The molecule has 0 saturated heterocycles. The van der Waals surface area contributed by atoms with E-state index in [-0.39, 0.29) is 24.3 Å². The van der Waals surface area contributed by atoms with Crippen LogP contribution in [0.2, 0.25) is 0 Å². The molecule has 0 amide bonds. The van der Waals surface area contributed by atoms with Crippen LogP contribution in [0.5, 0.6) is 0 Å².